The van der Waals surface area contributed by atoms with Gasteiger partial charge >= 0.3 is 11.9 Å². The molecular weight excluding hydrogens is 304 g/mol. The van der Waals surface area contributed by atoms with Crippen LogP contribution in [0.3, 0.4) is 0 Å². The predicted molar refractivity (Wildman–Crippen MR) is 89.9 cm³/mol. The van der Waals surface area contributed by atoms with E-state index in [0.29, 0.717) is 5.57 Å². The van der Waals surface area contributed by atoms with Crippen LogP contribution in [-0.4, -0.2) is 19.0 Å². The molecule has 24 heavy (non-hydrogen) atoms. The maximum absolute atomic E-state index is 12.8. The van der Waals surface area contributed by atoms with Crippen LogP contribution in [-0.2, 0) is 32.1 Å². The third-order valence-corrected chi connectivity index (χ3v) is 4.41. The fourth-order valence-corrected chi connectivity index (χ4v) is 3.09. The number of rotatable bonds is 4. The summed E-state index contributed by atoms with van der Waals surface area (Å²) in [7, 11) is 1.27. The van der Waals surface area contributed by atoms with E-state index < -0.39 is 17.4 Å². The van der Waals surface area contributed by atoms with Crippen LogP contribution >= 0.6 is 0 Å². The molecule has 3 rings (SSSR count). The first-order valence-corrected chi connectivity index (χ1v) is 7.67. The second kappa shape index (κ2) is 6.32. The minimum atomic E-state index is -1.51. The molecule has 0 saturated heterocycles. The molecule has 0 aromatic heterocycles. The zero-order chi connectivity index (χ0) is 17.2. The largest absolute Gasteiger partial charge is 0.468 e. The fourth-order valence-electron chi connectivity index (χ4n) is 3.09. The highest BCUT2D eigenvalue weighted by molar-refractivity contribution is 6.14. The van der Waals surface area contributed by atoms with Crippen LogP contribution < -0.4 is 0 Å². The summed E-state index contributed by atoms with van der Waals surface area (Å²) in [5, 5.41) is 0. The van der Waals surface area contributed by atoms with E-state index in [1.807, 2.05) is 54.6 Å². The lowest BCUT2D eigenvalue weighted by molar-refractivity contribution is -0.166. The number of carbonyl (C=O) groups excluding carboxylic acids is 2. The van der Waals surface area contributed by atoms with Crippen molar-refractivity contribution >= 4 is 17.5 Å². The lowest BCUT2D eigenvalue weighted by Crippen LogP contribution is -2.41. The first-order chi connectivity index (χ1) is 11.6. The Morgan fingerprint density at radius 1 is 1.04 bits per heavy atom. The quantitative estimate of drug-likeness (QED) is 0.641. The Balaban J connectivity index is 1.89. The molecule has 0 amide bonds. The van der Waals surface area contributed by atoms with Gasteiger partial charge in [0.25, 0.3) is 0 Å². The van der Waals surface area contributed by atoms with Crippen LogP contribution in [0.1, 0.15) is 16.7 Å². The van der Waals surface area contributed by atoms with E-state index in [1.165, 1.54) is 7.11 Å². The van der Waals surface area contributed by atoms with E-state index in [2.05, 4.69) is 6.58 Å². The van der Waals surface area contributed by atoms with Gasteiger partial charge < -0.3 is 9.47 Å². The molecule has 0 heterocycles. The Labute approximate surface area is 140 Å². The molecule has 0 fully saturated rings. The summed E-state index contributed by atoms with van der Waals surface area (Å²) in [5.41, 5.74) is 1.48. The van der Waals surface area contributed by atoms with Crippen LogP contribution in [0.2, 0.25) is 0 Å². The Morgan fingerprint density at radius 3 is 2.38 bits per heavy atom. The van der Waals surface area contributed by atoms with Crippen molar-refractivity contribution in [3.05, 3.63) is 77.9 Å². The summed E-state index contributed by atoms with van der Waals surface area (Å²) >= 11 is 0. The molecule has 4 heteroatoms. The van der Waals surface area contributed by atoms with Crippen LogP contribution in [0, 0.1) is 5.41 Å². The maximum Gasteiger partial charge on any atom is 0.328 e. The summed E-state index contributed by atoms with van der Waals surface area (Å²) in [4.78, 5) is 25.3. The predicted octanol–water partition coefficient (Wildman–Crippen LogP) is 3.16. The van der Waals surface area contributed by atoms with Gasteiger partial charge in [-0.3, -0.25) is 9.59 Å². The van der Waals surface area contributed by atoms with Gasteiger partial charge in [0.2, 0.25) is 0 Å². The number of ether oxygens (including phenoxy) is 2. The summed E-state index contributed by atoms with van der Waals surface area (Å²) in [6.07, 6.45) is 0.211. The van der Waals surface area contributed by atoms with Crippen LogP contribution in [0.5, 0.6) is 0 Å². The number of carbonyl (C=O) groups is 2. The van der Waals surface area contributed by atoms with Crippen molar-refractivity contribution < 1.29 is 19.1 Å². The van der Waals surface area contributed by atoms with Gasteiger partial charge in [-0.05, 0) is 22.3 Å². The fraction of sp³-hybridized carbons (Fsp3) is 0.200. The molecule has 0 saturated carbocycles. The van der Waals surface area contributed by atoms with Gasteiger partial charge in [-0.2, -0.15) is 0 Å². The van der Waals surface area contributed by atoms with Gasteiger partial charge in [0.05, 0.1) is 7.11 Å². The lowest BCUT2D eigenvalue weighted by Gasteiger charge is -2.25. The van der Waals surface area contributed by atoms with Gasteiger partial charge in [-0.25, -0.2) is 0 Å². The average molecular weight is 322 g/mol. The normalized spacial score (nSPS) is 18.8. The number of hydrogen-bond acceptors (Lipinski definition) is 4. The number of methoxy groups -OCH3 is 1. The molecule has 122 valence electrons. The van der Waals surface area contributed by atoms with Gasteiger partial charge in [-0.15, -0.1) is 0 Å². The zero-order valence-corrected chi connectivity index (χ0v) is 13.5. The SMILES string of the molecule is C=C1c2ccccc2CC1(C(=O)OC)C(=O)OCc1ccccc1. The second-order valence-electron chi connectivity index (χ2n) is 5.77. The van der Waals surface area contributed by atoms with Gasteiger partial charge in [0.15, 0.2) is 5.41 Å². The first-order valence-electron chi connectivity index (χ1n) is 7.67. The molecule has 0 N–H and O–H groups in total. The van der Waals surface area contributed by atoms with E-state index in [4.69, 9.17) is 9.47 Å². The van der Waals surface area contributed by atoms with E-state index in [1.54, 1.807) is 0 Å². The number of fused-ring (bicyclic) bond motifs is 1. The lowest BCUT2D eigenvalue weighted by atomic mass is 9.81. The molecule has 1 atom stereocenters. The molecule has 1 aliphatic rings. The number of esters is 2. The molecule has 0 spiro atoms. The van der Waals surface area contributed by atoms with Crippen molar-refractivity contribution in [2.45, 2.75) is 13.0 Å². The standard InChI is InChI=1S/C20H18O4/c1-14-17-11-7-6-10-16(17)12-20(14,18(21)23-2)19(22)24-13-15-8-4-3-5-9-15/h3-11H,1,12-13H2,2H3. The van der Waals surface area contributed by atoms with E-state index in [9.17, 15) is 9.59 Å². The Hall–Kier alpha value is -2.88. The summed E-state index contributed by atoms with van der Waals surface area (Å²) < 4.78 is 10.4. The summed E-state index contributed by atoms with van der Waals surface area (Å²) in [5.74, 6) is -1.26. The minimum Gasteiger partial charge on any atom is -0.468 e. The van der Waals surface area contributed by atoms with Crippen LogP contribution in [0.25, 0.3) is 5.57 Å². The third-order valence-electron chi connectivity index (χ3n) is 4.41. The smallest absolute Gasteiger partial charge is 0.328 e. The minimum absolute atomic E-state index is 0.0992. The third kappa shape index (κ3) is 2.50. The highest BCUT2D eigenvalue weighted by Crippen LogP contribution is 2.47. The molecule has 2 aromatic carbocycles. The van der Waals surface area contributed by atoms with Crippen LogP contribution in [0.4, 0.5) is 0 Å². The van der Waals surface area contributed by atoms with Crippen molar-refractivity contribution in [3.63, 3.8) is 0 Å². The first kappa shape index (κ1) is 16.0. The highest BCUT2D eigenvalue weighted by Gasteiger charge is 2.55. The van der Waals surface area contributed by atoms with Crippen molar-refractivity contribution in [2.24, 2.45) is 5.41 Å². The summed E-state index contributed by atoms with van der Waals surface area (Å²) in [6.45, 7) is 4.09. The Kier molecular flexibility index (Phi) is 4.21. The number of benzene rings is 2. The zero-order valence-electron chi connectivity index (χ0n) is 13.5. The molecule has 0 radical (unpaired) electrons. The molecule has 4 nitrogen and oxygen atoms in total. The van der Waals surface area contributed by atoms with Gasteiger partial charge in [0.1, 0.15) is 6.61 Å². The molecular formula is C20H18O4. The molecule has 0 bridgehead atoms. The van der Waals surface area contributed by atoms with Crippen molar-refractivity contribution in [1.82, 2.24) is 0 Å². The average Bonchev–Trinajstić information content (AvgIpc) is 2.94. The molecule has 2 aromatic rings. The molecule has 1 unspecified atom stereocenters. The monoisotopic (exact) mass is 322 g/mol. The van der Waals surface area contributed by atoms with Crippen molar-refractivity contribution in [1.29, 1.82) is 0 Å². The maximum atomic E-state index is 12.8. The van der Waals surface area contributed by atoms with Gasteiger partial charge in [-0.1, -0.05) is 61.2 Å². The topological polar surface area (TPSA) is 52.6 Å². The molecule has 0 aliphatic heterocycles. The van der Waals surface area contributed by atoms with E-state index in [0.717, 1.165) is 16.7 Å². The van der Waals surface area contributed by atoms with E-state index >= 15 is 0 Å². The van der Waals surface area contributed by atoms with Gasteiger partial charge in [0, 0.05) is 6.42 Å². The van der Waals surface area contributed by atoms with Crippen molar-refractivity contribution in [3.8, 4) is 0 Å². The van der Waals surface area contributed by atoms with E-state index in [-0.39, 0.29) is 13.0 Å². The number of hydrogen-bond donors (Lipinski definition) is 0. The van der Waals surface area contributed by atoms with Crippen molar-refractivity contribution in [2.75, 3.05) is 7.11 Å². The van der Waals surface area contributed by atoms with Crippen LogP contribution in [0.15, 0.2) is 61.2 Å². The highest BCUT2D eigenvalue weighted by atomic mass is 16.6. The Morgan fingerprint density at radius 2 is 1.71 bits per heavy atom. The summed E-state index contributed by atoms with van der Waals surface area (Å²) in [6, 6.07) is 16.8. The Bertz CT molecular complexity index is 794. The second-order valence-corrected chi connectivity index (χ2v) is 5.77. The molecule has 1 aliphatic carbocycles.